The third-order valence-electron chi connectivity index (χ3n) is 5.03. The molecule has 6 heteroatoms. The Morgan fingerprint density at radius 2 is 1.96 bits per heavy atom. The molecule has 3 rings (SSSR count). The Hall–Kier alpha value is -2.21. The number of halogens is 1. The molecule has 2 aromatic rings. The van der Waals surface area contributed by atoms with Crippen molar-refractivity contribution < 1.29 is 14.0 Å². The Morgan fingerprint density at radius 3 is 2.59 bits per heavy atom. The Balaban J connectivity index is 1.89. The van der Waals surface area contributed by atoms with Gasteiger partial charge in [-0.2, -0.15) is 0 Å². The second kappa shape index (κ2) is 8.21. The fourth-order valence-corrected chi connectivity index (χ4v) is 4.26. The highest BCUT2D eigenvalue weighted by Gasteiger charge is 2.40. The van der Waals surface area contributed by atoms with E-state index in [4.69, 9.17) is 0 Å². The number of thiophene rings is 1. The first-order valence-corrected chi connectivity index (χ1v) is 10.2. The Labute approximate surface area is 163 Å². The summed E-state index contributed by atoms with van der Waals surface area (Å²) >= 11 is 1.49. The molecule has 1 N–H and O–H groups in total. The van der Waals surface area contributed by atoms with E-state index in [0.29, 0.717) is 5.69 Å². The van der Waals surface area contributed by atoms with E-state index in [9.17, 15) is 14.0 Å². The lowest BCUT2D eigenvalue weighted by atomic mass is 9.98. The molecule has 0 bridgehead atoms. The molecule has 0 atom stereocenters. The van der Waals surface area contributed by atoms with Crippen LogP contribution in [0, 0.1) is 5.82 Å². The Kier molecular flexibility index (Phi) is 5.95. The van der Waals surface area contributed by atoms with Crippen molar-refractivity contribution in [3.05, 3.63) is 52.5 Å². The molecule has 0 radical (unpaired) electrons. The van der Waals surface area contributed by atoms with E-state index in [1.165, 1.54) is 28.4 Å². The topological polar surface area (TPSA) is 49.4 Å². The predicted octanol–water partition coefficient (Wildman–Crippen LogP) is 4.30. The zero-order valence-electron chi connectivity index (χ0n) is 15.7. The Morgan fingerprint density at radius 1 is 1.22 bits per heavy atom. The molecule has 1 saturated carbocycles. The van der Waals surface area contributed by atoms with Crippen LogP contribution < -0.4 is 10.2 Å². The van der Waals surface area contributed by atoms with Crippen molar-refractivity contribution in [3.63, 3.8) is 0 Å². The van der Waals surface area contributed by atoms with E-state index in [-0.39, 0.29) is 24.3 Å². The number of amides is 2. The summed E-state index contributed by atoms with van der Waals surface area (Å²) in [5, 5.41) is 4.98. The minimum atomic E-state index is -1.13. The van der Waals surface area contributed by atoms with E-state index >= 15 is 0 Å². The summed E-state index contributed by atoms with van der Waals surface area (Å²) < 4.78 is 13.8. The van der Waals surface area contributed by atoms with Crippen LogP contribution in [-0.4, -0.2) is 23.4 Å². The van der Waals surface area contributed by atoms with Gasteiger partial charge in [0, 0.05) is 16.6 Å². The average Bonchev–Trinajstić information content (AvgIpc) is 3.28. The van der Waals surface area contributed by atoms with Gasteiger partial charge >= 0.3 is 0 Å². The highest BCUT2D eigenvalue weighted by molar-refractivity contribution is 7.10. The van der Waals surface area contributed by atoms with Crippen molar-refractivity contribution in [2.45, 2.75) is 57.5 Å². The molecule has 27 heavy (non-hydrogen) atoms. The minimum Gasteiger partial charge on any atom is -0.351 e. The number of benzene rings is 1. The first kappa shape index (κ1) is 19.5. The third-order valence-corrected chi connectivity index (χ3v) is 5.90. The average molecular weight is 389 g/mol. The summed E-state index contributed by atoms with van der Waals surface area (Å²) in [4.78, 5) is 28.5. The smallest absolute Gasteiger partial charge is 0.246 e. The van der Waals surface area contributed by atoms with Crippen molar-refractivity contribution in [2.24, 2.45) is 0 Å². The maximum absolute atomic E-state index is 13.8. The van der Waals surface area contributed by atoms with Crippen LogP contribution in [0.2, 0.25) is 0 Å². The molecular formula is C21H25FN2O2S. The normalized spacial score (nSPS) is 14.9. The number of nitrogens with zero attached hydrogens (tertiary/aromatic N) is 1. The van der Waals surface area contributed by atoms with Gasteiger partial charge in [-0.15, -0.1) is 11.3 Å². The lowest BCUT2D eigenvalue weighted by Gasteiger charge is -2.38. The summed E-state index contributed by atoms with van der Waals surface area (Å²) in [6.07, 6.45) is 4.32. The van der Waals surface area contributed by atoms with Gasteiger partial charge in [0.25, 0.3) is 0 Å². The van der Waals surface area contributed by atoms with E-state index < -0.39 is 11.4 Å². The molecule has 0 spiro atoms. The molecule has 1 aromatic carbocycles. The number of carbonyl (C=O) groups excluding carboxylic acids is 2. The summed E-state index contributed by atoms with van der Waals surface area (Å²) in [6.45, 7) is 3.43. The lowest BCUT2D eigenvalue weighted by molar-refractivity contribution is -0.129. The fourth-order valence-electron chi connectivity index (χ4n) is 3.57. The Bertz CT molecular complexity index is 798. The molecule has 0 unspecified atom stereocenters. The number of nitrogens with one attached hydrogen (secondary N) is 1. The molecule has 1 aliphatic carbocycles. The molecule has 0 saturated heterocycles. The van der Waals surface area contributed by atoms with Crippen LogP contribution in [0.1, 0.15) is 44.4 Å². The van der Waals surface area contributed by atoms with Crippen molar-refractivity contribution >= 4 is 28.8 Å². The number of anilines is 1. The second-order valence-electron chi connectivity index (χ2n) is 7.48. The SMILES string of the molecule is CC(C)(C(=O)NC1CCCC1)N(C(=O)Cc1cccs1)c1cccc(F)c1. The molecule has 2 amide bonds. The standard InChI is InChI=1S/C21H25FN2O2S/c1-21(2,20(26)23-16-8-3-4-9-16)24(17-10-5-7-15(22)13-17)19(25)14-18-11-6-12-27-18/h5-7,10-13,16H,3-4,8-9,14H2,1-2H3,(H,23,26). The van der Waals surface area contributed by atoms with E-state index in [2.05, 4.69) is 5.32 Å². The molecule has 4 nitrogen and oxygen atoms in total. The third kappa shape index (κ3) is 4.56. The number of rotatable bonds is 6. The van der Waals surface area contributed by atoms with Gasteiger partial charge in [0.15, 0.2) is 0 Å². The monoisotopic (exact) mass is 388 g/mol. The number of hydrogen-bond donors (Lipinski definition) is 1. The second-order valence-corrected chi connectivity index (χ2v) is 8.51. The van der Waals surface area contributed by atoms with Gasteiger partial charge < -0.3 is 5.32 Å². The molecule has 1 heterocycles. The summed E-state index contributed by atoms with van der Waals surface area (Å²) in [5.41, 5.74) is -0.742. The van der Waals surface area contributed by atoms with E-state index in [0.717, 1.165) is 30.6 Å². The van der Waals surface area contributed by atoms with Gasteiger partial charge in [-0.05, 0) is 56.3 Å². The minimum absolute atomic E-state index is 0.151. The van der Waals surface area contributed by atoms with Crippen molar-refractivity contribution in [3.8, 4) is 0 Å². The van der Waals surface area contributed by atoms with Crippen LogP contribution in [0.5, 0.6) is 0 Å². The molecule has 1 aliphatic rings. The van der Waals surface area contributed by atoms with Crippen molar-refractivity contribution in [2.75, 3.05) is 4.90 Å². The summed E-state index contributed by atoms with van der Waals surface area (Å²) in [7, 11) is 0. The van der Waals surface area contributed by atoms with Gasteiger partial charge in [-0.25, -0.2) is 4.39 Å². The fraction of sp³-hybridized carbons (Fsp3) is 0.429. The predicted molar refractivity (Wildman–Crippen MR) is 106 cm³/mol. The van der Waals surface area contributed by atoms with E-state index in [1.54, 1.807) is 26.0 Å². The quantitative estimate of drug-likeness (QED) is 0.802. The molecule has 0 aliphatic heterocycles. The van der Waals surface area contributed by atoms with Gasteiger partial charge in [-0.3, -0.25) is 14.5 Å². The first-order chi connectivity index (χ1) is 12.9. The van der Waals surface area contributed by atoms with Gasteiger partial charge in [0.2, 0.25) is 11.8 Å². The lowest BCUT2D eigenvalue weighted by Crippen LogP contribution is -2.59. The van der Waals surface area contributed by atoms with Crippen LogP contribution in [0.3, 0.4) is 0 Å². The van der Waals surface area contributed by atoms with Crippen LogP contribution in [-0.2, 0) is 16.0 Å². The summed E-state index contributed by atoms with van der Waals surface area (Å²) in [6, 6.07) is 9.78. The van der Waals surface area contributed by atoms with Crippen LogP contribution in [0.25, 0.3) is 0 Å². The number of carbonyl (C=O) groups is 2. The zero-order valence-corrected chi connectivity index (χ0v) is 16.5. The maximum atomic E-state index is 13.8. The first-order valence-electron chi connectivity index (χ1n) is 9.30. The van der Waals surface area contributed by atoms with Gasteiger partial charge in [-0.1, -0.05) is 25.0 Å². The zero-order chi connectivity index (χ0) is 19.4. The largest absolute Gasteiger partial charge is 0.351 e. The molecule has 144 valence electrons. The van der Waals surface area contributed by atoms with Crippen molar-refractivity contribution in [1.29, 1.82) is 0 Å². The molecular weight excluding hydrogens is 363 g/mol. The highest BCUT2D eigenvalue weighted by Crippen LogP contribution is 2.28. The van der Waals surface area contributed by atoms with Crippen LogP contribution in [0.4, 0.5) is 10.1 Å². The van der Waals surface area contributed by atoms with Crippen molar-refractivity contribution in [1.82, 2.24) is 5.32 Å². The summed E-state index contributed by atoms with van der Waals surface area (Å²) in [5.74, 6) is -0.874. The molecule has 1 fully saturated rings. The maximum Gasteiger partial charge on any atom is 0.246 e. The van der Waals surface area contributed by atoms with Gasteiger partial charge in [0.05, 0.1) is 6.42 Å². The van der Waals surface area contributed by atoms with Gasteiger partial charge in [0.1, 0.15) is 11.4 Å². The molecule has 1 aromatic heterocycles. The highest BCUT2D eigenvalue weighted by atomic mass is 32.1. The number of hydrogen-bond acceptors (Lipinski definition) is 3. The van der Waals surface area contributed by atoms with Crippen LogP contribution in [0.15, 0.2) is 41.8 Å². The van der Waals surface area contributed by atoms with E-state index in [1.807, 2.05) is 17.5 Å². The van der Waals surface area contributed by atoms with Crippen LogP contribution >= 0.6 is 11.3 Å².